The average Bonchev–Trinajstić information content (AvgIpc) is 3.81. The molecule has 4 N–H and O–H groups in total. The van der Waals surface area contributed by atoms with Gasteiger partial charge in [-0.1, -0.05) is 39.5 Å². The quantitative estimate of drug-likeness (QED) is 0.187. The van der Waals surface area contributed by atoms with E-state index in [1.54, 1.807) is 29.2 Å². The first kappa shape index (κ1) is 36.9. The topological polar surface area (TPSA) is 138 Å². The van der Waals surface area contributed by atoms with Crippen molar-refractivity contribution in [3.05, 3.63) is 59.5 Å². The Morgan fingerprint density at radius 1 is 1.13 bits per heavy atom. The number of anilines is 1. The third-order valence-electron chi connectivity index (χ3n) is 7.13. The molecule has 11 heteroatoms. The number of carbonyl (C=O) groups excluding carboxylic acids is 4. The lowest BCUT2D eigenvalue weighted by Crippen LogP contribution is -2.58. The summed E-state index contributed by atoms with van der Waals surface area (Å²) in [5.41, 5.74) is 1.15. The Hall–Kier alpha value is -4.28. The summed E-state index contributed by atoms with van der Waals surface area (Å²) in [6.45, 7) is 18.2. The number of rotatable bonds is 12. The maximum atomic E-state index is 13.4. The zero-order valence-corrected chi connectivity index (χ0v) is 28.3. The number of ether oxygens (including phenoxy) is 2. The van der Waals surface area contributed by atoms with Gasteiger partial charge in [-0.2, -0.15) is 0 Å². The average molecular weight is 626 g/mol. The first-order chi connectivity index (χ1) is 21.3. The predicted molar refractivity (Wildman–Crippen MR) is 177 cm³/mol. The van der Waals surface area contributed by atoms with Crippen LogP contribution in [-0.2, 0) is 14.3 Å². The molecule has 248 valence electrons. The fourth-order valence-electron chi connectivity index (χ4n) is 4.47. The van der Waals surface area contributed by atoms with Crippen molar-refractivity contribution in [2.75, 3.05) is 32.6 Å². The predicted octanol–water partition coefficient (Wildman–Crippen LogP) is 5.12. The molecule has 0 bridgehead atoms. The van der Waals surface area contributed by atoms with Crippen LogP contribution >= 0.6 is 0 Å². The molecule has 1 aromatic carbocycles. The smallest absolute Gasteiger partial charge is 0.410 e. The number of amides is 4. The molecule has 0 spiro atoms. The third kappa shape index (κ3) is 10.7. The minimum atomic E-state index is -0.572. The number of likely N-dealkylation sites (tertiary alicyclic amines) is 1. The van der Waals surface area contributed by atoms with Crippen molar-refractivity contribution in [3.63, 3.8) is 0 Å². The number of nitrogens with one attached hydrogen (secondary N) is 4. The van der Waals surface area contributed by atoms with Crippen molar-refractivity contribution in [1.29, 1.82) is 0 Å². The number of benzene rings is 1. The van der Waals surface area contributed by atoms with Crippen LogP contribution in [0.3, 0.4) is 0 Å². The molecule has 1 unspecified atom stereocenters. The third-order valence-corrected chi connectivity index (χ3v) is 7.13. The number of para-hydroxylation sites is 1. The first-order valence-corrected chi connectivity index (χ1v) is 15.6. The normalized spacial score (nSPS) is 15.8. The van der Waals surface area contributed by atoms with Gasteiger partial charge in [0.2, 0.25) is 5.91 Å². The maximum Gasteiger partial charge on any atom is 0.410 e. The van der Waals surface area contributed by atoms with Gasteiger partial charge in [0.05, 0.1) is 29.6 Å². The molecule has 1 saturated heterocycles. The molecule has 11 nitrogen and oxygen atoms in total. The number of hydrogen-bond donors (Lipinski definition) is 4. The summed E-state index contributed by atoms with van der Waals surface area (Å²) in [6.07, 6.45) is 5.52. The maximum absolute atomic E-state index is 13.4. The molecule has 0 radical (unpaired) electrons. The van der Waals surface area contributed by atoms with E-state index in [0.29, 0.717) is 42.2 Å². The van der Waals surface area contributed by atoms with Gasteiger partial charge >= 0.3 is 6.09 Å². The molecule has 1 heterocycles. The minimum Gasteiger partial charge on any atom is -0.494 e. The van der Waals surface area contributed by atoms with Crippen LogP contribution in [0.4, 0.5) is 10.5 Å². The molecule has 1 aliphatic heterocycles. The molecule has 2 aliphatic rings. The van der Waals surface area contributed by atoms with Gasteiger partial charge in [-0.05, 0) is 65.2 Å². The lowest BCUT2D eigenvalue weighted by molar-refractivity contribution is -0.121. The van der Waals surface area contributed by atoms with Gasteiger partial charge in [0.1, 0.15) is 5.60 Å². The number of nitrogens with zero attached hydrogens (tertiary/aromatic N) is 1. The summed E-state index contributed by atoms with van der Waals surface area (Å²) < 4.78 is 11.1. The van der Waals surface area contributed by atoms with Crippen LogP contribution in [0.25, 0.3) is 0 Å². The van der Waals surface area contributed by atoms with Crippen LogP contribution in [0.2, 0.25) is 0 Å². The Morgan fingerprint density at radius 2 is 1.78 bits per heavy atom. The van der Waals surface area contributed by atoms with Gasteiger partial charge in [-0.3, -0.25) is 14.4 Å². The van der Waals surface area contributed by atoms with Gasteiger partial charge < -0.3 is 35.6 Å². The second-order valence-electron chi connectivity index (χ2n) is 11.9. The van der Waals surface area contributed by atoms with Gasteiger partial charge in [0, 0.05) is 43.7 Å². The Labute approximate surface area is 267 Å². The number of carbonyl (C=O) groups is 4. The Kier molecular flexibility index (Phi) is 13.7. The summed E-state index contributed by atoms with van der Waals surface area (Å²) in [5, 5.41) is 11.7. The molecule has 0 aromatic heterocycles. The Balaban J connectivity index is 0.00000345. The summed E-state index contributed by atoms with van der Waals surface area (Å²) >= 11 is 0. The number of hydrogen-bond acceptors (Lipinski definition) is 7. The highest BCUT2D eigenvalue weighted by Gasteiger charge is 2.37. The van der Waals surface area contributed by atoms with E-state index < -0.39 is 11.5 Å². The number of allylic oxidation sites excluding steroid dienone is 2. The van der Waals surface area contributed by atoms with Gasteiger partial charge in [-0.15, -0.1) is 0 Å². The largest absolute Gasteiger partial charge is 0.494 e. The summed E-state index contributed by atoms with van der Waals surface area (Å²) in [5.74, 6) is -0.468. The van der Waals surface area contributed by atoms with Crippen LogP contribution in [0, 0.1) is 11.8 Å². The van der Waals surface area contributed by atoms with Crippen molar-refractivity contribution in [3.8, 4) is 5.75 Å². The van der Waals surface area contributed by atoms with Crippen LogP contribution in [-0.4, -0.2) is 67.6 Å². The lowest BCUT2D eigenvalue weighted by Gasteiger charge is -2.42. The van der Waals surface area contributed by atoms with Crippen LogP contribution in [0.5, 0.6) is 5.75 Å². The molecule has 1 saturated carbocycles. The fraction of sp³-hybridized carbons (Fsp3) is 0.529. The molecule has 1 aromatic rings. The van der Waals surface area contributed by atoms with E-state index >= 15 is 0 Å². The summed E-state index contributed by atoms with van der Waals surface area (Å²) in [6, 6.07) is 4.86. The van der Waals surface area contributed by atoms with Crippen LogP contribution < -0.4 is 26.0 Å². The van der Waals surface area contributed by atoms with E-state index in [1.807, 2.05) is 54.5 Å². The van der Waals surface area contributed by atoms with Crippen LogP contribution in [0.1, 0.15) is 78.1 Å². The minimum absolute atomic E-state index is 0.00482. The zero-order valence-electron chi connectivity index (χ0n) is 28.3. The summed E-state index contributed by atoms with van der Waals surface area (Å²) in [4.78, 5) is 52.4. The second kappa shape index (κ2) is 16.7. The Morgan fingerprint density at radius 3 is 2.31 bits per heavy atom. The number of methoxy groups -OCH3 is 1. The standard InChI is InChI=1S/C32H45N5O6.C2H6/c1-9-11-23(35-29(39)21-14-15-21)16-26(19(2)28(38)33-7)36-25-13-10-12-24(27(25)42-8)30(40)34-20(3)22-17-37(18-22)31(41)43-32(4,5)6;1-2/h10-13,16,20-22,36H,2,9,14-15,17-18H2,1,3-8H3,(H,33,38)(H,34,40)(H,35,39);1-2H3/b23-11-,26-16+;. The SMILES string of the molecule is C=C(C(=O)NC)/C(=C\C(=C\CC)NC(=O)C1CC1)Nc1cccc(C(=O)NC(C)C2CN(C(=O)OC(C)(C)C)C2)c1OC.CC. The molecule has 4 amide bonds. The highest BCUT2D eigenvalue weighted by atomic mass is 16.6. The number of likely N-dealkylation sites (N-methyl/N-ethyl adjacent to an activating group) is 1. The zero-order chi connectivity index (χ0) is 33.9. The molecular formula is C34H51N5O6. The van der Waals surface area contributed by atoms with E-state index in [4.69, 9.17) is 9.47 Å². The molecule has 3 rings (SSSR count). The lowest BCUT2D eigenvalue weighted by atomic mass is 9.93. The van der Waals surface area contributed by atoms with E-state index in [2.05, 4.69) is 27.8 Å². The van der Waals surface area contributed by atoms with E-state index in [9.17, 15) is 19.2 Å². The molecule has 45 heavy (non-hydrogen) atoms. The van der Waals surface area contributed by atoms with Crippen molar-refractivity contribution in [2.45, 2.75) is 79.4 Å². The van der Waals surface area contributed by atoms with Crippen molar-refractivity contribution in [1.82, 2.24) is 20.9 Å². The molecule has 2 fully saturated rings. The van der Waals surface area contributed by atoms with E-state index in [1.165, 1.54) is 14.2 Å². The van der Waals surface area contributed by atoms with Crippen molar-refractivity contribution >= 4 is 29.5 Å². The van der Waals surface area contributed by atoms with Crippen LogP contribution in [0.15, 0.2) is 53.9 Å². The van der Waals surface area contributed by atoms with E-state index in [-0.39, 0.29) is 47.1 Å². The van der Waals surface area contributed by atoms with Gasteiger partial charge in [0.15, 0.2) is 5.75 Å². The highest BCUT2D eigenvalue weighted by Crippen LogP contribution is 2.32. The fourth-order valence-corrected chi connectivity index (χ4v) is 4.47. The molecule has 1 atom stereocenters. The van der Waals surface area contributed by atoms with Crippen molar-refractivity contribution < 1.29 is 28.7 Å². The van der Waals surface area contributed by atoms with Crippen molar-refractivity contribution in [2.24, 2.45) is 11.8 Å². The summed E-state index contributed by atoms with van der Waals surface area (Å²) in [7, 11) is 2.96. The monoisotopic (exact) mass is 625 g/mol. The second-order valence-corrected chi connectivity index (χ2v) is 11.9. The molecular weight excluding hydrogens is 574 g/mol. The Bertz CT molecular complexity index is 1300. The first-order valence-electron chi connectivity index (χ1n) is 15.6. The van der Waals surface area contributed by atoms with Gasteiger partial charge in [-0.25, -0.2) is 4.79 Å². The highest BCUT2D eigenvalue weighted by molar-refractivity contribution is 6.00. The van der Waals surface area contributed by atoms with Gasteiger partial charge in [0.25, 0.3) is 11.8 Å². The molecule has 1 aliphatic carbocycles. The van der Waals surface area contributed by atoms with E-state index in [0.717, 1.165) is 12.8 Å².